The summed E-state index contributed by atoms with van der Waals surface area (Å²) < 4.78 is 16.6. The molecule has 0 bridgehead atoms. The average molecular weight is 302 g/mol. The first-order valence-electron chi connectivity index (χ1n) is 8.45. The van der Waals surface area contributed by atoms with E-state index in [1.165, 1.54) is 6.42 Å². The normalized spacial score (nSPS) is 23.6. The summed E-state index contributed by atoms with van der Waals surface area (Å²) in [5, 5.41) is 3.44. The first-order valence-corrected chi connectivity index (χ1v) is 8.45. The molecule has 1 saturated heterocycles. The molecule has 5 heteroatoms. The molecule has 0 aromatic heterocycles. The zero-order valence-electron chi connectivity index (χ0n) is 14.1. The maximum absolute atomic E-state index is 5.65. The fraction of sp³-hybridized carbons (Fsp3) is 1.00. The average Bonchev–Trinajstić information content (AvgIpc) is 2.47. The van der Waals surface area contributed by atoms with Crippen molar-refractivity contribution < 1.29 is 14.2 Å². The summed E-state index contributed by atoms with van der Waals surface area (Å²) >= 11 is 0. The lowest BCUT2D eigenvalue weighted by Gasteiger charge is -2.39. The standard InChI is InChI=1S/C16H34N2O3/c1-4-5-7-19-9-11-21-12-10-20-8-6-18-15(2)13-17-14-16(18)3/h15-17H,4-14H2,1-3H3. The van der Waals surface area contributed by atoms with E-state index in [1.807, 2.05) is 0 Å². The molecular weight excluding hydrogens is 268 g/mol. The third kappa shape index (κ3) is 8.73. The van der Waals surface area contributed by atoms with Crippen LogP contribution >= 0.6 is 0 Å². The maximum Gasteiger partial charge on any atom is 0.0701 e. The second-order valence-electron chi connectivity index (χ2n) is 5.78. The van der Waals surface area contributed by atoms with Crippen LogP contribution in [0.1, 0.15) is 33.6 Å². The van der Waals surface area contributed by atoms with E-state index in [9.17, 15) is 0 Å². The van der Waals surface area contributed by atoms with Gasteiger partial charge >= 0.3 is 0 Å². The molecule has 0 spiro atoms. The van der Waals surface area contributed by atoms with Crippen molar-refractivity contribution in [2.24, 2.45) is 0 Å². The van der Waals surface area contributed by atoms with Crippen LogP contribution in [0.5, 0.6) is 0 Å². The number of nitrogens with one attached hydrogen (secondary N) is 1. The highest BCUT2D eigenvalue weighted by Gasteiger charge is 2.23. The molecule has 0 amide bonds. The third-order valence-corrected chi connectivity index (χ3v) is 3.89. The predicted octanol–water partition coefficient (Wildman–Crippen LogP) is 1.52. The van der Waals surface area contributed by atoms with Crippen LogP contribution in [0.3, 0.4) is 0 Å². The second-order valence-corrected chi connectivity index (χ2v) is 5.78. The highest BCUT2D eigenvalue weighted by atomic mass is 16.5. The highest BCUT2D eigenvalue weighted by molar-refractivity contribution is 4.82. The molecule has 1 aliphatic heterocycles. The number of unbranched alkanes of at least 4 members (excludes halogenated alkanes) is 1. The van der Waals surface area contributed by atoms with Gasteiger partial charge in [-0.25, -0.2) is 0 Å². The molecule has 2 unspecified atom stereocenters. The van der Waals surface area contributed by atoms with Crippen LogP contribution in [0, 0.1) is 0 Å². The lowest BCUT2D eigenvalue weighted by Crippen LogP contribution is -2.55. The summed E-state index contributed by atoms with van der Waals surface area (Å²) in [4.78, 5) is 2.51. The Hall–Kier alpha value is -0.200. The van der Waals surface area contributed by atoms with Crippen molar-refractivity contribution in [1.29, 1.82) is 0 Å². The molecule has 1 rings (SSSR count). The molecular formula is C16H34N2O3. The Bertz CT molecular complexity index is 232. The quantitative estimate of drug-likeness (QED) is 0.554. The van der Waals surface area contributed by atoms with Gasteiger partial charge in [-0.1, -0.05) is 13.3 Å². The zero-order chi connectivity index (χ0) is 15.3. The van der Waals surface area contributed by atoms with Gasteiger partial charge in [-0.15, -0.1) is 0 Å². The molecule has 0 aliphatic carbocycles. The van der Waals surface area contributed by atoms with Crippen LogP contribution in [0.15, 0.2) is 0 Å². The minimum Gasteiger partial charge on any atom is -0.379 e. The lowest BCUT2D eigenvalue weighted by atomic mass is 10.1. The predicted molar refractivity (Wildman–Crippen MR) is 85.9 cm³/mol. The molecule has 5 nitrogen and oxygen atoms in total. The van der Waals surface area contributed by atoms with Gasteiger partial charge in [-0.05, 0) is 20.3 Å². The molecule has 0 aromatic rings. The topological polar surface area (TPSA) is 43.0 Å². The summed E-state index contributed by atoms with van der Waals surface area (Å²) in [6.07, 6.45) is 2.31. The zero-order valence-corrected chi connectivity index (χ0v) is 14.1. The van der Waals surface area contributed by atoms with Gasteiger partial charge in [0.05, 0.1) is 33.0 Å². The molecule has 1 aliphatic rings. The molecule has 1 fully saturated rings. The monoisotopic (exact) mass is 302 g/mol. The second kappa shape index (κ2) is 12.4. The Labute approximate surface area is 130 Å². The van der Waals surface area contributed by atoms with Gasteiger partial charge in [0.2, 0.25) is 0 Å². The first kappa shape index (κ1) is 18.8. The summed E-state index contributed by atoms with van der Waals surface area (Å²) in [6, 6.07) is 1.18. The fourth-order valence-electron chi connectivity index (χ4n) is 2.57. The van der Waals surface area contributed by atoms with Gasteiger partial charge in [0.25, 0.3) is 0 Å². The van der Waals surface area contributed by atoms with E-state index in [4.69, 9.17) is 14.2 Å². The summed E-state index contributed by atoms with van der Waals surface area (Å²) in [5.41, 5.74) is 0. The van der Waals surface area contributed by atoms with E-state index < -0.39 is 0 Å². The highest BCUT2D eigenvalue weighted by Crippen LogP contribution is 2.08. The van der Waals surface area contributed by atoms with Crippen LogP contribution in [0.25, 0.3) is 0 Å². The van der Waals surface area contributed by atoms with Crippen LogP contribution < -0.4 is 5.32 Å². The van der Waals surface area contributed by atoms with Crippen molar-refractivity contribution in [2.75, 3.05) is 59.3 Å². The third-order valence-electron chi connectivity index (χ3n) is 3.89. The van der Waals surface area contributed by atoms with Crippen LogP contribution in [0.4, 0.5) is 0 Å². The van der Waals surface area contributed by atoms with Crippen LogP contribution in [-0.4, -0.2) is 76.3 Å². The Morgan fingerprint density at radius 3 is 1.95 bits per heavy atom. The Kier molecular flexibility index (Phi) is 11.1. The number of hydrogen-bond donors (Lipinski definition) is 1. The Morgan fingerprint density at radius 2 is 1.38 bits per heavy atom. The number of rotatable bonds is 12. The molecule has 2 atom stereocenters. The van der Waals surface area contributed by atoms with Gasteiger partial charge in [-0.2, -0.15) is 0 Å². The summed E-state index contributed by atoms with van der Waals surface area (Å²) in [6.45, 7) is 14.2. The SMILES string of the molecule is CCCCOCCOCCOCCN1C(C)CNCC1C. The lowest BCUT2D eigenvalue weighted by molar-refractivity contribution is 0.00319. The number of nitrogens with zero attached hydrogens (tertiary/aromatic N) is 1. The molecule has 1 heterocycles. The van der Waals surface area contributed by atoms with Crippen molar-refractivity contribution in [1.82, 2.24) is 10.2 Å². The van der Waals surface area contributed by atoms with Crippen LogP contribution in [-0.2, 0) is 14.2 Å². The molecule has 126 valence electrons. The van der Waals surface area contributed by atoms with Crippen molar-refractivity contribution in [2.45, 2.75) is 45.7 Å². The van der Waals surface area contributed by atoms with Crippen molar-refractivity contribution in [3.8, 4) is 0 Å². The van der Waals surface area contributed by atoms with Crippen molar-refractivity contribution >= 4 is 0 Å². The van der Waals surface area contributed by atoms with Crippen molar-refractivity contribution in [3.05, 3.63) is 0 Å². The number of hydrogen-bond acceptors (Lipinski definition) is 5. The van der Waals surface area contributed by atoms with Gasteiger partial charge < -0.3 is 19.5 Å². The minimum atomic E-state index is 0.592. The van der Waals surface area contributed by atoms with Gasteiger partial charge in [-0.3, -0.25) is 4.90 Å². The van der Waals surface area contributed by atoms with E-state index in [-0.39, 0.29) is 0 Å². The van der Waals surface area contributed by atoms with Gasteiger partial charge in [0.15, 0.2) is 0 Å². The van der Waals surface area contributed by atoms with Gasteiger partial charge in [0, 0.05) is 38.3 Å². The largest absolute Gasteiger partial charge is 0.379 e. The first-order chi connectivity index (χ1) is 10.3. The van der Waals surface area contributed by atoms with E-state index >= 15 is 0 Å². The molecule has 0 saturated carbocycles. The molecule has 0 radical (unpaired) electrons. The molecule has 21 heavy (non-hydrogen) atoms. The summed E-state index contributed by atoms with van der Waals surface area (Å²) in [5.74, 6) is 0. The van der Waals surface area contributed by atoms with Gasteiger partial charge in [0.1, 0.15) is 0 Å². The minimum absolute atomic E-state index is 0.592. The Morgan fingerprint density at radius 1 is 0.857 bits per heavy atom. The summed E-state index contributed by atoms with van der Waals surface area (Å²) in [7, 11) is 0. The maximum atomic E-state index is 5.65. The fourth-order valence-corrected chi connectivity index (χ4v) is 2.57. The molecule has 0 aromatic carbocycles. The Balaban J connectivity index is 1.86. The van der Waals surface area contributed by atoms with Crippen molar-refractivity contribution in [3.63, 3.8) is 0 Å². The van der Waals surface area contributed by atoms with Crippen LogP contribution in [0.2, 0.25) is 0 Å². The van der Waals surface area contributed by atoms with E-state index in [0.29, 0.717) is 38.5 Å². The molecule has 1 N–H and O–H groups in total. The van der Waals surface area contributed by atoms with E-state index in [0.717, 1.165) is 39.3 Å². The van der Waals surface area contributed by atoms with E-state index in [1.54, 1.807) is 0 Å². The number of ether oxygens (including phenoxy) is 3. The van der Waals surface area contributed by atoms with E-state index in [2.05, 4.69) is 31.0 Å². The smallest absolute Gasteiger partial charge is 0.0701 e. The number of piperazine rings is 1.